The van der Waals surface area contributed by atoms with Crippen LogP contribution in [0.15, 0.2) is 28.7 Å². The fourth-order valence-corrected chi connectivity index (χ4v) is 2.76. The maximum atomic E-state index is 12.1. The first-order chi connectivity index (χ1) is 9.15. The molecule has 104 valence electrons. The van der Waals surface area contributed by atoms with Gasteiger partial charge in [0.05, 0.1) is 12.5 Å². The van der Waals surface area contributed by atoms with Crippen LogP contribution in [0.1, 0.15) is 31.2 Å². The van der Waals surface area contributed by atoms with Crippen molar-refractivity contribution in [2.45, 2.75) is 38.3 Å². The first-order valence-electron chi connectivity index (χ1n) is 6.75. The smallest absolute Gasteiger partial charge is 0.225 e. The molecule has 0 aliphatic carbocycles. The number of hydrogen-bond donors (Lipinski definition) is 0. The van der Waals surface area contributed by atoms with Gasteiger partial charge in [0, 0.05) is 24.7 Å². The monoisotopic (exact) mass is 325 g/mol. The highest BCUT2D eigenvalue weighted by Gasteiger charge is 2.19. The summed E-state index contributed by atoms with van der Waals surface area (Å²) in [4.78, 5) is 13.9. The van der Waals surface area contributed by atoms with Crippen molar-refractivity contribution in [2.75, 3.05) is 13.7 Å². The largest absolute Gasteiger partial charge is 0.378 e. The molecule has 19 heavy (non-hydrogen) atoms. The topological polar surface area (TPSA) is 29.5 Å². The number of nitrogens with zero attached hydrogens (tertiary/aromatic N) is 1. The molecule has 0 N–H and O–H groups in total. The van der Waals surface area contributed by atoms with Gasteiger partial charge in [-0.05, 0) is 37.0 Å². The molecule has 0 bridgehead atoms. The van der Waals surface area contributed by atoms with Crippen LogP contribution in [0, 0.1) is 0 Å². The van der Waals surface area contributed by atoms with Gasteiger partial charge in [-0.3, -0.25) is 4.79 Å². The van der Waals surface area contributed by atoms with Gasteiger partial charge in [0.25, 0.3) is 0 Å². The number of rotatable bonds is 4. The van der Waals surface area contributed by atoms with E-state index in [4.69, 9.17) is 4.74 Å². The Balaban J connectivity index is 1.84. The lowest BCUT2D eigenvalue weighted by atomic mass is 10.1. The predicted molar refractivity (Wildman–Crippen MR) is 78.8 cm³/mol. The van der Waals surface area contributed by atoms with Crippen LogP contribution in [-0.2, 0) is 16.1 Å². The van der Waals surface area contributed by atoms with Gasteiger partial charge in [-0.2, -0.15) is 0 Å². The first-order valence-corrected chi connectivity index (χ1v) is 7.54. The molecule has 4 heteroatoms. The number of carbonyl (C=O) groups is 1. The van der Waals surface area contributed by atoms with Gasteiger partial charge in [0.2, 0.25) is 5.91 Å². The Morgan fingerprint density at radius 3 is 3.00 bits per heavy atom. The minimum atomic E-state index is 0.117. The molecule has 2 rings (SSSR count). The fourth-order valence-electron chi connectivity index (χ4n) is 2.32. The minimum absolute atomic E-state index is 0.117. The van der Waals surface area contributed by atoms with E-state index < -0.39 is 0 Å². The molecule has 1 aliphatic rings. The Morgan fingerprint density at radius 1 is 1.47 bits per heavy atom. The molecule has 1 heterocycles. The van der Waals surface area contributed by atoms with Crippen LogP contribution >= 0.6 is 15.9 Å². The van der Waals surface area contributed by atoms with E-state index >= 15 is 0 Å². The highest BCUT2D eigenvalue weighted by Crippen LogP contribution is 2.17. The number of halogens is 1. The van der Waals surface area contributed by atoms with Crippen molar-refractivity contribution in [1.29, 1.82) is 0 Å². The van der Waals surface area contributed by atoms with Crippen molar-refractivity contribution in [3.63, 3.8) is 0 Å². The minimum Gasteiger partial charge on any atom is -0.378 e. The van der Waals surface area contributed by atoms with E-state index in [-0.39, 0.29) is 12.0 Å². The summed E-state index contributed by atoms with van der Waals surface area (Å²) in [6.45, 7) is 1.44. The molecule has 0 saturated carbocycles. The van der Waals surface area contributed by atoms with Gasteiger partial charge in [-0.25, -0.2) is 0 Å². The summed E-state index contributed by atoms with van der Waals surface area (Å²) >= 11 is 3.45. The number of ether oxygens (including phenoxy) is 1. The van der Waals surface area contributed by atoms with E-state index in [9.17, 15) is 4.79 Å². The molecule has 1 fully saturated rings. The lowest BCUT2D eigenvalue weighted by Gasteiger charge is -2.25. The molecule has 0 radical (unpaired) electrons. The quantitative estimate of drug-likeness (QED) is 0.849. The normalized spacial score (nSPS) is 19.2. The molecule has 1 aliphatic heterocycles. The maximum Gasteiger partial charge on any atom is 0.225 e. The summed E-state index contributed by atoms with van der Waals surface area (Å²) in [5.41, 5.74) is 1.13. The average molecular weight is 326 g/mol. The van der Waals surface area contributed by atoms with Gasteiger partial charge in [-0.15, -0.1) is 0 Å². The van der Waals surface area contributed by atoms with E-state index in [2.05, 4.69) is 15.9 Å². The SMILES string of the molecule is CN(Cc1cccc(Br)c1)C(=O)CC1CCCCO1. The van der Waals surface area contributed by atoms with Gasteiger partial charge in [0.15, 0.2) is 0 Å². The highest BCUT2D eigenvalue weighted by atomic mass is 79.9. The zero-order valence-electron chi connectivity index (χ0n) is 11.3. The summed E-state index contributed by atoms with van der Waals surface area (Å²) in [5.74, 6) is 0.159. The third kappa shape index (κ3) is 4.62. The van der Waals surface area contributed by atoms with Crippen LogP contribution in [0.5, 0.6) is 0 Å². The second kappa shape index (κ2) is 7.06. The molecule has 1 atom stereocenters. The second-order valence-electron chi connectivity index (χ2n) is 5.07. The molecule has 3 nitrogen and oxygen atoms in total. The van der Waals surface area contributed by atoms with Crippen molar-refractivity contribution in [3.8, 4) is 0 Å². The lowest BCUT2D eigenvalue weighted by molar-refractivity contribution is -0.134. The Hall–Kier alpha value is -0.870. The summed E-state index contributed by atoms with van der Waals surface area (Å²) in [6.07, 6.45) is 3.93. The van der Waals surface area contributed by atoms with Crippen molar-refractivity contribution in [2.24, 2.45) is 0 Å². The Bertz CT molecular complexity index is 430. The Labute approximate surface area is 123 Å². The molecule has 1 aromatic rings. The first kappa shape index (κ1) is 14.5. The van der Waals surface area contributed by atoms with Crippen molar-refractivity contribution in [3.05, 3.63) is 34.3 Å². The van der Waals surface area contributed by atoms with Gasteiger partial charge >= 0.3 is 0 Å². The highest BCUT2D eigenvalue weighted by molar-refractivity contribution is 9.10. The Morgan fingerprint density at radius 2 is 2.32 bits per heavy atom. The summed E-state index contributed by atoms with van der Waals surface area (Å²) < 4.78 is 6.66. The van der Waals surface area contributed by atoms with Crippen LogP contribution in [0.3, 0.4) is 0 Å². The second-order valence-corrected chi connectivity index (χ2v) is 5.99. The standard InChI is InChI=1S/C15H20BrNO2/c1-17(11-12-5-4-6-13(16)9-12)15(18)10-14-7-2-3-8-19-14/h4-6,9,14H,2-3,7-8,10-11H2,1H3. The molecule has 1 saturated heterocycles. The third-order valence-corrected chi connectivity index (χ3v) is 3.90. The van der Waals surface area contributed by atoms with Crippen LogP contribution < -0.4 is 0 Å². The number of carbonyl (C=O) groups excluding carboxylic acids is 1. The predicted octanol–water partition coefficient (Wildman–Crippen LogP) is 3.37. The van der Waals surface area contributed by atoms with Gasteiger partial charge < -0.3 is 9.64 Å². The van der Waals surface area contributed by atoms with E-state index in [1.54, 1.807) is 4.90 Å². The van der Waals surface area contributed by atoms with Crippen LogP contribution in [-0.4, -0.2) is 30.6 Å². The molecule has 0 spiro atoms. The summed E-state index contributed by atoms with van der Waals surface area (Å²) in [6, 6.07) is 8.05. The molecular formula is C15H20BrNO2. The van der Waals surface area contributed by atoms with Crippen molar-refractivity contribution in [1.82, 2.24) is 4.90 Å². The molecule has 1 aromatic carbocycles. The van der Waals surface area contributed by atoms with Crippen LogP contribution in [0.25, 0.3) is 0 Å². The molecule has 1 amide bonds. The van der Waals surface area contributed by atoms with Crippen LogP contribution in [0.4, 0.5) is 0 Å². The zero-order chi connectivity index (χ0) is 13.7. The van der Waals surface area contributed by atoms with Gasteiger partial charge in [0.1, 0.15) is 0 Å². The summed E-state index contributed by atoms with van der Waals surface area (Å²) in [5, 5.41) is 0. The van der Waals surface area contributed by atoms with Gasteiger partial charge in [-0.1, -0.05) is 28.1 Å². The van der Waals surface area contributed by atoms with E-state index in [1.807, 2.05) is 31.3 Å². The number of amides is 1. The third-order valence-electron chi connectivity index (χ3n) is 3.41. The number of hydrogen-bond acceptors (Lipinski definition) is 2. The fraction of sp³-hybridized carbons (Fsp3) is 0.533. The molecule has 1 unspecified atom stereocenters. The van der Waals surface area contributed by atoms with E-state index in [0.717, 1.165) is 29.5 Å². The summed E-state index contributed by atoms with van der Waals surface area (Å²) in [7, 11) is 1.85. The molecular weight excluding hydrogens is 306 g/mol. The Kier molecular flexibility index (Phi) is 5.40. The average Bonchev–Trinajstić information content (AvgIpc) is 2.40. The lowest BCUT2D eigenvalue weighted by Crippen LogP contribution is -2.31. The number of benzene rings is 1. The maximum absolute atomic E-state index is 12.1. The van der Waals surface area contributed by atoms with E-state index in [0.29, 0.717) is 13.0 Å². The van der Waals surface area contributed by atoms with Crippen molar-refractivity contribution >= 4 is 21.8 Å². The van der Waals surface area contributed by atoms with Crippen molar-refractivity contribution < 1.29 is 9.53 Å². The molecule has 0 aromatic heterocycles. The van der Waals surface area contributed by atoms with Crippen LogP contribution in [0.2, 0.25) is 0 Å². The zero-order valence-corrected chi connectivity index (χ0v) is 12.9. The van der Waals surface area contributed by atoms with E-state index in [1.165, 1.54) is 6.42 Å².